The van der Waals surface area contributed by atoms with Crippen molar-refractivity contribution in [1.82, 2.24) is 10.3 Å². The average Bonchev–Trinajstić information content (AvgIpc) is 3.21. The molecule has 2 aromatic carbocycles. The number of ether oxygens (including phenoxy) is 1. The maximum absolute atomic E-state index is 13.6. The number of amides is 2. The molecule has 0 saturated heterocycles. The average molecular weight is 474 g/mol. The van der Waals surface area contributed by atoms with E-state index in [4.69, 9.17) is 4.74 Å². The number of thiazole rings is 1. The molecule has 1 aromatic heterocycles. The molecule has 3 aromatic rings. The number of nitrogens with zero attached hydrogens (tertiary/aromatic N) is 2. The summed E-state index contributed by atoms with van der Waals surface area (Å²) in [7, 11) is 0. The Morgan fingerprint density at radius 1 is 1.09 bits per heavy atom. The Morgan fingerprint density at radius 2 is 1.85 bits per heavy atom. The molecule has 1 heterocycles. The van der Waals surface area contributed by atoms with Gasteiger partial charge in [-0.3, -0.25) is 19.3 Å². The molecule has 0 bridgehead atoms. The number of esters is 1. The summed E-state index contributed by atoms with van der Waals surface area (Å²) in [4.78, 5) is 42.0. The van der Waals surface area contributed by atoms with E-state index in [0.717, 1.165) is 23.3 Å². The lowest BCUT2D eigenvalue weighted by Gasteiger charge is -2.19. The number of nitrogens with one attached hydrogen (secondary N) is 1. The molecular weight excluding hydrogens is 452 g/mol. The van der Waals surface area contributed by atoms with Gasteiger partial charge in [-0.05, 0) is 49.2 Å². The van der Waals surface area contributed by atoms with Gasteiger partial charge < -0.3 is 10.1 Å². The molecule has 0 unspecified atom stereocenters. The largest absolute Gasteiger partial charge is 0.458 e. The number of rotatable bonds is 7. The molecule has 0 aliphatic heterocycles. The lowest BCUT2D eigenvalue weighted by atomic mass is 10.1. The van der Waals surface area contributed by atoms with Crippen LogP contribution in [0.5, 0.6) is 0 Å². The van der Waals surface area contributed by atoms with Crippen LogP contribution < -0.4 is 10.2 Å². The van der Waals surface area contributed by atoms with Gasteiger partial charge in [0.2, 0.25) is 5.91 Å². The van der Waals surface area contributed by atoms with Crippen LogP contribution in [0.4, 0.5) is 19.6 Å². The standard InChI is InChI=1S/C23H21F2N3O4S/c1-13-4-6-18(8-14(13)2)28(15(3)29)23-27-17(12-33-23)11-32-21(30)10-26-22(31)19-7-5-16(24)9-20(19)25/h4-9,12H,10-11H2,1-3H3,(H,26,31). The van der Waals surface area contributed by atoms with Crippen molar-refractivity contribution in [3.8, 4) is 0 Å². The van der Waals surface area contributed by atoms with Crippen LogP contribution in [0.2, 0.25) is 0 Å². The summed E-state index contributed by atoms with van der Waals surface area (Å²) in [6, 6.07) is 8.15. The van der Waals surface area contributed by atoms with E-state index in [0.29, 0.717) is 22.6 Å². The van der Waals surface area contributed by atoms with E-state index in [1.54, 1.807) is 5.38 Å². The summed E-state index contributed by atoms with van der Waals surface area (Å²) in [5, 5.41) is 4.30. The third kappa shape index (κ3) is 5.98. The van der Waals surface area contributed by atoms with Crippen molar-refractivity contribution in [3.63, 3.8) is 0 Å². The van der Waals surface area contributed by atoms with Gasteiger partial charge in [0.25, 0.3) is 5.91 Å². The van der Waals surface area contributed by atoms with Crippen molar-refractivity contribution in [3.05, 3.63) is 75.8 Å². The van der Waals surface area contributed by atoms with E-state index in [1.165, 1.54) is 23.2 Å². The highest BCUT2D eigenvalue weighted by Crippen LogP contribution is 2.30. The number of hydrogen-bond donors (Lipinski definition) is 1. The molecule has 0 spiro atoms. The molecule has 33 heavy (non-hydrogen) atoms. The SMILES string of the molecule is CC(=O)N(c1ccc(C)c(C)c1)c1nc(COC(=O)CNC(=O)c2ccc(F)cc2F)cs1. The smallest absolute Gasteiger partial charge is 0.325 e. The second kappa shape index (κ2) is 10.3. The van der Waals surface area contributed by atoms with Crippen molar-refractivity contribution < 1.29 is 27.9 Å². The van der Waals surface area contributed by atoms with E-state index < -0.39 is 30.1 Å². The summed E-state index contributed by atoms with van der Waals surface area (Å²) < 4.78 is 31.7. The van der Waals surface area contributed by atoms with Crippen molar-refractivity contribution in [2.75, 3.05) is 11.4 Å². The van der Waals surface area contributed by atoms with Gasteiger partial charge in [-0.2, -0.15) is 0 Å². The minimum absolute atomic E-state index is 0.172. The predicted octanol–water partition coefficient (Wildman–Crippen LogP) is 4.20. The molecule has 7 nitrogen and oxygen atoms in total. The molecule has 0 radical (unpaired) electrons. The zero-order valence-electron chi connectivity index (χ0n) is 18.1. The Balaban J connectivity index is 1.58. The molecule has 0 fully saturated rings. The van der Waals surface area contributed by atoms with Gasteiger partial charge in [-0.1, -0.05) is 6.07 Å². The number of aryl methyl sites for hydroxylation is 2. The van der Waals surface area contributed by atoms with Crippen LogP contribution in [0, 0.1) is 25.5 Å². The van der Waals surface area contributed by atoms with E-state index in [9.17, 15) is 23.2 Å². The Kier molecular flexibility index (Phi) is 7.49. The van der Waals surface area contributed by atoms with E-state index in [1.807, 2.05) is 32.0 Å². The number of hydrogen-bond acceptors (Lipinski definition) is 6. The molecule has 1 N–H and O–H groups in total. The zero-order valence-corrected chi connectivity index (χ0v) is 19.0. The van der Waals surface area contributed by atoms with Crippen LogP contribution in [0.15, 0.2) is 41.8 Å². The van der Waals surface area contributed by atoms with Crippen molar-refractivity contribution >= 4 is 39.9 Å². The van der Waals surface area contributed by atoms with E-state index in [2.05, 4.69) is 10.3 Å². The predicted molar refractivity (Wildman–Crippen MR) is 119 cm³/mol. The van der Waals surface area contributed by atoms with Gasteiger partial charge in [0.1, 0.15) is 24.8 Å². The van der Waals surface area contributed by atoms with Crippen LogP contribution in [0.25, 0.3) is 0 Å². The first-order chi connectivity index (χ1) is 15.7. The first-order valence-corrected chi connectivity index (χ1v) is 10.7. The van der Waals surface area contributed by atoms with Crippen molar-refractivity contribution in [2.45, 2.75) is 27.4 Å². The topological polar surface area (TPSA) is 88.6 Å². The van der Waals surface area contributed by atoms with Gasteiger partial charge in [0.05, 0.1) is 16.9 Å². The number of anilines is 2. The molecular formula is C23H21F2N3O4S. The molecule has 10 heteroatoms. The minimum Gasteiger partial charge on any atom is -0.458 e. The highest BCUT2D eigenvalue weighted by molar-refractivity contribution is 7.14. The van der Waals surface area contributed by atoms with Crippen LogP contribution in [-0.4, -0.2) is 29.3 Å². The number of carbonyl (C=O) groups is 3. The quantitative estimate of drug-likeness (QED) is 0.520. The van der Waals surface area contributed by atoms with Gasteiger partial charge in [0.15, 0.2) is 5.13 Å². The minimum atomic E-state index is -1.03. The number of aromatic nitrogens is 1. The molecule has 2 amide bonds. The van der Waals surface area contributed by atoms with Crippen LogP contribution in [0.1, 0.15) is 34.1 Å². The van der Waals surface area contributed by atoms with Crippen molar-refractivity contribution in [2.24, 2.45) is 0 Å². The molecule has 0 atom stereocenters. The van der Waals surface area contributed by atoms with Gasteiger partial charge >= 0.3 is 5.97 Å². The lowest BCUT2D eigenvalue weighted by Crippen LogP contribution is -2.31. The third-order valence-electron chi connectivity index (χ3n) is 4.74. The Morgan fingerprint density at radius 3 is 2.52 bits per heavy atom. The summed E-state index contributed by atoms with van der Waals surface area (Å²) >= 11 is 1.22. The first-order valence-electron chi connectivity index (χ1n) is 9.87. The first kappa shape index (κ1) is 24.0. The maximum atomic E-state index is 13.6. The monoisotopic (exact) mass is 473 g/mol. The lowest BCUT2D eigenvalue weighted by molar-refractivity contribution is -0.143. The number of carbonyl (C=O) groups excluding carboxylic acids is 3. The Labute approximate surface area is 193 Å². The Hall–Kier alpha value is -3.66. The summed E-state index contributed by atoms with van der Waals surface area (Å²) in [6.45, 7) is 4.69. The molecule has 3 rings (SSSR count). The zero-order chi connectivity index (χ0) is 24.1. The van der Waals surface area contributed by atoms with Gasteiger partial charge in [-0.25, -0.2) is 13.8 Å². The highest BCUT2D eigenvalue weighted by Gasteiger charge is 2.19. The van der Waals surface area contributed by atoms with E-state index >= 15 is 0 Å². The summed E-state index contributed by atoms with van der Waals surface area (Å²) in [6.07, 6.45) is 0. The molecule has 0 aliphatic rings. The van der Waals surface area contributed by atoms with Gasteiger partial charge in [0, 0.05) is 18.4 Å². The van der Waals surface area contributed by atoms with Crippen LogP contribution in [-0.2, 0) is 20.9 Å². The fraction of sp³-hybridized carbons (Fsp3) is 0.217. The molecule has 172 valence electrons. The van der Waals surface area contributed by atoms with Crippen molar-refractivity contribution in [1.29, 1.82) is 0 Å². The molecule has 0 aliphatic carbocycles. The fourth-order valence-electron chi connectivity index (χ4n) is 2.88. The molecule has 0 saturated carbocycles. The van der Waals surface area contributed by atoms with Gasteiger partial charge in [-0.15, -0.1) is 11.3 Å². The maximum Gasteiger partial charge on any atom is 0.325 e. The summed E-state index contributed by atoms with van der Waals surface area (Å²) in [5.41, 5.74) is 2.85. The third-order valence-corrected chi connectivity index (χ3v) is 5.62. The number of halogens is 2. The second-order valence-electron chi connectivity index (χ2n) is 7.21. The fourth-order valence-corrected chi connectivity index (χ4v) is 3.76. The van der Waals surface area contributed by atoms with Crippen LogP contribution >= 0.6 is 11.3 Å². The number of benzene rings is 2. The van der Waals surface area contributed by atoms with E-state index in [-0.39, 0.29) is 18.1 Å². The highest BCUT2D eigenvalue weighted by atomic mass is 32.1. The second-order valence-corrected chi connectivity index (χ2v) is 8.05. The Bertz CT molecular complexity index is 1210. The normalized spacial score (nSPS) is 10.6. The summed E-state index contributed by atoms with van der Waals surface area (Å²) in [5.74, 6) is -3.70. The van der Waals surface area contributed by atoms with Crippen LogP contribution in [0.3, 0.4) is 0 Å².